The van der Waals surface area contributed by atoms with Gasteiger partial charge in [0.1, 0.15) is 0 Å². The summed E-state index contributed by atoms with van der Waals surface area (Å²) in [5, 5.41) is 20.4. The van der Waals surface area contributed by atoms with E-state index in [1.165, 1.54) is 37.8 Å². The number of rotatable bonds is 10. The molecule has 0 bridgehead atoms. The molecule has 0 saturated carbocycles. The number of carboxylic acid groups (broad SMARTS) is 1. The van der Waals surface area contributed by atoms with Crippen LogP contribution in [-0.4, -0.2) is 65.3 Å². The number of carboxylic acids is 1. The Morgan fingerprint density at radius 2 is 1.55 bits per heavy atom. The normalized spacial score (nSPS) is 23.0. The molecule has 1 aliphatic heterocycles. The van der Waals surface area contributed by atoms with Crippen LogP contribution in [0, 0.1) is 5.41 Å². The van der Waals surface area contributed by atoms with Crippen LogP contribution in [0.5, 0.6) is 0 Å². The van der Waals surface area contributed by atoms with Gasteiger partial charge in [-0.25, -0.2) is 4.79 Å². The second kappa shape index (κ2) is 17.0. The summed E-state index contributed by atoms with van der Waals surface area (Å²) in [5.74, 6) is -0.931. The molecule has 1 saturated heterocycles. The summed E-state index contributed by atoms with van der Waals surface area (Å²) >= 11 is 0. The van der Waals surface area contributed by atoms with Crippen LogP contribution in [0.25, 0.3) is 0 Å². The van der Waals surface area contributed by atoms with E-state index in [-0.39, 0.29) is 35.8 Å². The Kier molecular flexibility index (Phi) is 16.2. The van der Waals surface area contributed by atoms with E-state index >= 15 is 0 Å². The molecule has 2 aromatic rings. The summed E-state index contributed by atoms with van der Waals surface area (Å²) in [7, 11) is 2.20. The lowest BCUT2D eigenvalue weighted by Crippen LogP contribution is -2.62. The van der Waals surface area contributed by atoms with Gasteiger partial charge in [0.05, 0.1) is 11.2 Å². The topological polar surface area (TPSA) is 90.0 Å². The van der Waals surface area contributed by atoms with Crippen molar-refractivity contribution in [1.82, 2.24) is 9.80 Å². The number of aromatic carboxylic acids is 1. The van der Waals surface area contributed by atoms with E-state index in [1.807, 2.05) is 6.07 Å². The summed E-state index contributed by atoms with van der Waals surface area (Å²) in [6, 6.07) is 16.8. The van der Waals surface area contributed by atoms with Gasteiger partial charge in [-0.2, -0.15) is 0 Å². The Morgan fingerprint density at radius 1 is 1.03 bits per heavy atom. The highest BCUT2D eigenvalue weighted by molar-refractivity contribution is 5.87. The van der Waals surface area contributed by atoms with Gasteiger partial charge in [-0.05, 0) is 76.2 Å². The molecule has 1 fully saturated rings. The standard InChI is InChI=1S/C23H40N2O.C7H7NO2.2ClH/c1-6-8-15-25(16-9-7-2)19-22(4)18-24(5)20(3)17-23(22,26)21-13-11-10-12-14-21;8-6-3-1-5(2-4-6)7(9)10;;/h10-14,20,26H,6-9,15-19H2,1-5H3;1-4H,8H2,(H,9,10);2*1H. The zero-order chi connectivity index (χ0) is 26.8. The fourth-order valence-electron chi connectivity index (χ4n) is 5.18. The first-order chi connectivity index (χ1) is 17.1. The van der Waals surface area contributed by atoms with Gasteiger partial charge < -0.3 is 25.7 Å². The van der Waals surface area contributed by atoms with Crippen molar-refractivity contribution >= 4 is 36.5 Å². The fraction of sp³-hybridized carbons (Fsp3) is 0.567. The van der Waals surface area contributed by atoms with Gasteiger partial charge in [-0.3, -0.25) is 0 Å². The van der Waals surface area contributed by atoms with Gasteiger partial charge in [-0.15, -0.1) is 24.8 Å². The van der Waals surface area contributed by atoms with Crippen molar-refractivity contribution in [2.75, 3.05) is 39.0 Å². The van der Waals surface area contributed by atoms with E-state index in [2.05, 4.69) is 68.8 Å². The van der Waals surface area contributed by atoms with E-state index in [9.17, 15) is 9.90 Å². The van der Waals surface area contributed by atoms with Crippen molar-refractivity contribution in [3.05, 3.63) is 65.7 Å². The van der Waals surface area contributed by atoms with Crippen molar-refractivity contribution in [2.45, 2.75) is 71.4 Å². The molecule has 2 aromatic carbocycles. The highest BCUT2D eigenvalue weighted by atomic mass is 35.5. The predicted molar refractivity (Wildman–Crippen MR) is 164 cm³/mol. The minimum absolute atomic E-state index is 0. The van der Waals surface area contributed by atoms with Gasteiger partial charge in [-0.1, -0.05) is 63.9 Å². The lowest BCUT2D eigenvalue weighted by atomic mass is 9.63. The molecule has 0 spiro atoms. The molecule has 0 aliphatic carbocycles. The van der Waals surface area contributed by atoms with Crippen LogP contribution in [0.4, 0.5) is 5.69 Å². The number of hydrogen-bond acceptors (Lipinski definition) is 5. The first-order valence-corrected chi connectivity index (χ1v) is 13.4. The van der Waals surface area contributed by atoms with Crippen LogP contribution in [0.1, 0.15) is 75.7 Å². The number of nitrogens with zero attached hydrogens (tertiary/aromatic N) is 2. The van der Waals surface area contributed by atoms with E-state index in [0.717, 1.165) is 38.2 Å². The Morgan fingerprint density at radius 3 is 2.03 bits per heavy atom. The molecule has 3 unspecified atom stereocenters. The van der Waals surface area contributed by atoms with Crippen molar-refractivity contribution in [3.63, 3.8) is 0 Å². The van der Waals surface area contributed by atoms with Gasteiger partial charge >= 0.3 is 5.97 Å². The Bertz CT molecular complexity index is 924. The fourth-order valence-corrected chi connectivity index (χ4v) is 5.18. The van der Waals surface area contributed by atoms with Crippen LogP contribution < -0.4 is 5.73 Å². The monoisotopic (exact) mass is 569 g/mol. The molecular formula is C30H49Cl2N3O3. The highest BCUT2D eigenvalue weighted by Crippen LogP contribution is 2.48. The third-order valence-electron chi connectivity index (χ3n) is 7.58. The molecule has 0 amide bonds. The first-order valence-electron chi connectivity index (χ1n) is 13.4. The third kappa shape index (κ3) is 9.73. The molecule has 38 heavy (non-hydrogen) atoms. The van der Waals surface area contributed by atoms with Crippen LogP contribution in [0.2, 0.25) is 0 Å². The predicted octanol–water partition coefficient (Wildman–Crippen LogP) is 6.32. The van der Waals surface area contributed by atoms with Gasteiger partial charge in [0, 0.05) is 30.2 Å². The number of nitrogen functional groups attached to an aromatic ring is 1. The summed E-state index contributed by atoms with van der Waals surface area (Å²) in [4.78, 5) is 15.3. The number of anilines is 1. The molecule has 3 rings (SSSR count). The maximum atomic E-state index is 12.0. The Labute approximate surface area is 242 Å². The zero-order valence-electron chi connectivity index (χ0n) is 23.7. The molecular weight excluding hydrogens is 521 g/mol. The minimum Gasteiger partial charge on any atom is -0.478 e. The number of benzene rings is 2. The first kappa shape index (κ1) is 36.2. The van der Waals surface area contributed by atoms with Crippen molar-refractivity contribution in [2.24, 2.45) is 5.41 Å². The Hall–Kier alpha value is -1.83. The summed E-state index contributed by atoms with van der Waals surface area (Å²) < 4.78 is 0. The third-order valence-corrected chi connectivity index (χ3v) is 7.58. The number of piperidine rings is 1. The van der Waals surface area contributed by atoms with Crippen molar-refractivity contribution in [1.29, 1.82) is 0 Å². The van der Waals surface area contributed by atoms with Crippen LogP contribution in [-0.2, 0) is 5.60 Å². The summed E-state index contributed by atoms with van der Waals surface area (Å²) in [5.41, 5.74) is 6.28. The zero-order valence-corrected chi connectivity index (χ0v) is 25.4. The smallest absolute Gasteiger partial charge is 0.335 e. The number of hydrogen-bond donors (Lipinski definition) is 3. The van der Waals surface area contributed by atoms with Crippen molar-refractivity contribution < 1.29 is 15.0 Å². The molecule has 1 heterocycles. The molecule has 0 radical (unpaired) electrons. The quantitative estimate of drug-likeness (QED) is 0.290. The number of likely N-dealkylation sites (tertiary alicyclic amines) is 1. The lowest BCUT2D eigenvalue weighted by molar-refractivity contribution is -0.154. The second-order valence-corrected chi connectivity index (χ2v) is 10.7. The average Bonchev–Trinajstić information content (AvgIpc) is 2.86. The van der Waals surface area contributed by atoms with Gasteiger partial charge in [0.25, 0.3) is 0 Å². The maximum Gasteiger partial charge on any atom is 0.335 e. The lowest BCUT2D eigenvalue weighted by Gasteiger charge is -2.55. The van der Waals surface area contributed by atoms with E-state index in [4.69, 9.17) is 10.8 Å². The number of carbonyl (C=O) groups is 1. The second-order valence-electron chi connectivity index (χ2n) is 10.7. The Balaban J connectivity index is 0.000000965. The molecule has 3 atom stereocenters. The van der Waals surface area contributed by atoms with E-state index in [1.54, 1.807) is 12.1 Å². The molecule has 0 aromatic heterocycles. The van der Waals surface area contributed by atoms with Crippen molar-refractivity contribution in [3.8, 4) is 0 Å². The molecule has 6 nitrogen and oxygen atoms in total. The van der Waals surface area contributed by atoms with Crippen LogP contribution in [0.15, 0.2) is 54.6 Å². The number of nitrogens with two attached hydrogens (primary N) is 1. The number of aliphatic hydroxyl groups is 1. The number of halogens is 2. The van der Waals surface area contributed by atoms with E-state index in [0.29, 0.717) is 11.7 Å². The summed E-state index contributed by atoms with van der Waals surface area (Å²) in [6.07, 6.45) is 5.70. The van der Waals surface area contributed by atoms with Crippen LogP contribution in [0.3, 0.4) is 0 Å². The van der Waals surface area contributed by atoms with E-state index < -0.39 is 11.6 Å². The highest BCUT2D eigenvalue weighted by Gasteiger charge is 2.53. The maximum absolute atomic E-state index is 12.0. The van der Waals surface area contributed by atoms with Gasteiger partial charge in [0.15, 0.2) is 0 Å². The molecule has 1 aliphatic rings. The molecule has 4 N–H and O–H groups in total. The average molecular weight is 571 g/mol. The SMILES string of the molecule is CCCCN(CCCC)CC1(C)CN(C)C(C)CC1(O)c1ccccc1.Cl.Cl.Nc1ccc(C(=O)O)cc1. The van der Waals surface area contributed by atoms with Crippen LogP contribution >= 0.6 is 24.8 Å². The van der Waals surface area contributed by atoms with Gasteiger partial charge in [0.2, 0.25) is 0 Å². The molecule has 8 heteroatoms. The number of unbranched alkanes of at least 4 members (excludes halogenated alkanes) is 2. The largest absolute Gasteiger partial charge is 0.478 e. The minimum atomic E-state index is -0.931. The summed E-state index contributed by atoms with van der Waals surface area (Å²) in [6.45, 7) is 13.2. The molecule has 216 valence electrons.